The van der Waals surface area contributed by atoms with E-state index in [1.165, 1.54) is 13.8 Å². The largest absolute Gasteiger partial charge is 0.449 e. The lowest BCUT2D eigenvalue weighted by molar-refractivity contribution is -0.132. The molecule has 2 rings (SSSR count). The molecule has 2 aromatic rings. The van der Waals surface area contributed by atoms with Gasteiger partial charge in [0.2, 0.25) is 0 Å². The maximum absolute atomic E-state index is 12.3. The lowest BCUT2D eigenvalue weighted by Crippen LogP contribution is -2.46. The zero-order valence-electron chi connectivity index (χ0n) is 16.7. The molecule has 0 radical (unpaired) electrons. The van der Waals surface area contributed by atoms with Gasteiger partial charge in [-0.15, -0.1) is 0 Å². The molecule has 2 aromatic carbocycles. The Bertz CT molecular complexity index is 848. The Morgan fingerprint density at radius 1 is 0.893 bits per heavy atom. The van der Waals surface area contributed by atoms with Crippen molar-refractivity contribution >= 4 is 17.8 Å². The Hall–Kier alpha value is -3.15. The van der Waals surface area contributed by atoms with Gasteiger partial charge in [0.15, 0.2) is 6.10 Å². The molecule has 1 atom stereocenters. The predicted octanol–water partition coefficient (Wildman–Crippen LogP) is 3.74. The summed E-state index contributed by atoms with van der Waals surface area (Å²) in [5.41, 5.74) is 1.76. The van der Waals surface area contributed by atoms with Crippen molar-refractivity contribution in [2.24, 2.45) is 0 Å². The number of esters is 2. The highest BCUT2D eigenvalue weighted by atomic mass is 16.5. The zero-order valence-corrected chi connectivity index (χ0v) is 16.7. The van der Waals surface area contributed by atoms with Gasteiger partial charge >= 0.3 is 11.9 Å². The molecule has 0 fully saturated rings. The van der Waals surface area contributed by atoms with Gasteiger partial charge in [0.1, 0.15) is 5.75 Å². The first-order chi connectivity index (χ1) is 13.0. The molecule has 0 unspecified atom stereocenters. The van der Waals surface area contributed by atoms with Crippen molar-refractivity contribution < 1.29 is 23.9 Å². The Morgan fingerprint density at radius 2 is 1.39 bits per heavy atom. The molecular weight excluding hydrogens is 358 g/mol. The maximum atomic E-state index is 12.3. The summed E-state index contributed by atoms with van der Waals surface area (Å²) >= 11 is 0. The molecule has 28 heavy (non-hydrogen) atoms. The van der Waals surface area contributed by atoms with Crippen LogP contribution in [-0.4, -0.2) is 29.5 Å². The van der Waals surface area contributed by atoms with Gasteiger partial charge in [-0.25, -0.2) is 4.79 Å². The van der Waals surface area contributed by atoms with Crippen LogP contribution in [-0.2, 0) is 14.3 Å². The van der Waals surface area contributed by atoms with Crippen molar-refractivity contribution in [3.8, 4) is 16.9 Å². The van der Waals surface area contributed by atoms with Crippen LogP contribution in [0, 0.1) is 0 Å². The predicted molar refractivity (Wildman–Crippen MR) is 106 cm³/mol. The lowest BCUT2D eigenvalue weighted by Gasteiger charge is -2.23. The minimum absolute atomic E-state index is 0.342. The van der Waals surface area contributed by atoms with Gasteiger partial charge in [-0.2, -0.15) is 0 Å². The molecule has 6 heteroatoms. The van der Waals surface area contributed by atoms with Crippen LogP contribution in [0.3, 0.4) is 0 Å². The maximum Gasteiger partial charge on any atom is 0.338 e. The van der Waals surface area contributed by atoms with E-state index in [0.29, 0.717) is 11.3 Å². The number of rotatable bonds is 5. The number of nitrogens with one attached hydrogen (secondary N) is 1. The Balaban J connectivity index is 2.02. The summed E-state index contributed by atoms with van der Waals surface area (Å²) in [6.45, 7) is 8.46. The first-order valence-electron chi connectivity index (χ1n) is 8.97. The van der Waals surface area contributed by atoms with Crippen molar-refractivity contribution in [1.29, 1.82) is 0 Å². The molecular formula is C22H25NO5. The summed E-state index contributed by atoms with van der Waals surface area (Å²) in [6, 6.07) is 13.9. The van der Waals surface area contributed by atoms with Gasteiger partial charge in [-0.3, -0.25) is 9.59 Å². The molecule has 1 N–H and O–H groups in total. The number of carbonyl (C=O) groups excluding carboxylic acids is 3. The van der Waals surface area contributed by atoms with Crippen molar-refractivity contribution in [3.05, 3.63) is 54.1 Å². The third-order valence-corrected chi connectivity index (χ3v) is 3.72. The van der Waals surface area contributed by atoms with Crippen molar-refractivity contribution in [3.63, 3.8) is 0 Å². The molecule has 0 saturated heterocycles. The van der Waals surface area contributed by atoms with Crippen LogP contribution in [0.5, 0.6) is 5.75 Å². The van der Waals surface area contributed by atoms with E-state index in [0.717, 1.165) is 11.1 Å². The summed E-state index contributed by atoms with van der Waals surface area (Å²) in [4.78, 5) is 35.3. The number of benzene rings is 2. The highest BCUT2D eigenvalue weighted by Gasteiger charge is 2.22. The average molecular weight is 383 g/mol. The van der Waals surface area contributed by atoms with Crippen LogP contribution < -0.4 is 10.1 Å². The summed E-state index contributed by atoms with van der Waals surface area (Å²) in [6.07, 6.45) is -0.889. The topological polar surface area (TPSA) is 81.7 Å². The summed E-state index contributed by atoms with van der Waals surface area (Å²) in [5.74, 6) is -0.807. The average Bonchev–Trinajstić information content (AvgIpc) is 2.60. The molecule has 0 aromatic heterocycles. The molecule has 6 nitrogen and oxygen atoms in total. The number of ether oxygens (including phenoxy) is 2. The third kappa shape index (κ3) is 6.23. The van der Waals surface area contributed by atoms with Gasteiger partial charge in [0, 0.05) is 12.5 Å². The van der Waals surface area contributed by atoms with E-state index < -0.39 is 17.6 Å². The first kappa shape index (κ1) is 21.2. The van der Waals surface area contributed by atoms with Crippen LogP contribution in [0.15, 0.2) is 48.5 Å². The minimum atomic E-state index is -0.889. The van der Waals surface area contributed by atoms with Crippen LogP contribution >= 0.6 is 0 Å². The fraction of sp³-hybridized carbons (Fsp3) is 0.318. The highest BCUT2D eigenvalue weighted by Crippen LogP contribution is 2.23. The van der Waals surface area contributed by atoms with Gasteiger partial charge in [0.25, 0.3) is 5.91 Å². The highest BCUT2D eigenvalue weighted by molar-refractivity contribution is 5.92. The second kappa shape index (κ2) is 8.69. The SMILES string of the molecule is CC(=O)Oc1ccc(-c2ccc(C(=O)O[C@H](C)C(=O)NC(C)(C)C)cc2)cc1. The standard InChI is InChI=1S/C22H25NO5/c1-14(20(25)23-22(3,4)5)27-21(26)18-8-6-16(7-9-18)17-10-12-19(13-11-17)28-15(2)24/h6-14H,1-5H3,(H,23,25)/t14-/m1/s1. The lowest BCUT2D eigenvalue weighted by atomic mass is 10.0. The molecule has 1 amide bonds. The van der Waals surface area contributed by atoms with Gasteiger partial charge in [-0.1, -0.05) is 24.3 Å². The molecule has 0 heterocycles. The number of carbonyl (C=O) groups is 3. The number of hydrogen-bond donors (Lipinski definition) is 1. The Labute approximate surface area is 164 Å². The first-order valence-corrected chi connectivity index (χ1v) is 8.97. The normalized spacial score (nSPS) is 12.0. The molecule has 0 aliphatic carbocycles. The summed E-state index contributed by atoms with van der Waals surface area (Å²) in [5, 5.41) is 2.78. The van der Waals surface area contributed by atoms with Crippen molar-refractivity contribution in [1.82, 2.24) is 5.32 Å². The van der Waals surface area contributed by atoms with E-state index in [2.05, 4.69) is 5.32 Å². The van der Waals surface area contributed by atoms with E-state index >= 15 is 0 Å². The Kier molecular flexibility index (Phi) is 6.57. The van der Waals surface area contributed by atoms with Crippen LogP contribution in [0.2, 0.25) is 0 Å². The second-order valence-corrected chi connectivity index (χ2v) is 7.48. The van der Waals surface area contributed by atoms with E-state index in [-0.39, 0.29) is 11.9 Å². The van der Waals surface area contributed by atoms with Crippen molar-refractivity contribution in [2.75, 3.05) is 0 Å². The van der Waals surface area contributed by atoms with E-state index in [4.69, 9.17) is 9.47 Å². The minimum Gasteiger partial charge on any atom is -0.449 e. The third-order valence-electron chi connectivity index (χ3n) is 3.72. The molecule has 0 saturated carbocycles. The number of hydrogen-bond acceptors (Lipinski definition) is 5. The van der Waals surface area contributed by atoms with E-state index in [1.807, 2.05) is 32.9 Å². The van der Waals surface area contributed by atoms with Crippen LogP contribution in [0.25, 0.3) is 11.1 Å². The summed E-state index contributed by atoms with van der Waals surface area (Å²) < 4.78 is 10.3. The quantitative estimate of drug-likeness (QED) is 0.628. The smallest absolute Gasteiger partial charge is 0.338 e. The van der Waals surface area contributed by atoms with Gasteiger partial charge in [0.05, 0.1) is 5.56 Å². The zero-order chi connectivity index (χ0) is 20.9. The molecule has 0 spiro atoms. The molecule has 0 aliphatic heterocycles. The molecule has 0 aliphatic rings. The van der Waals surface area contributed by atoms with Crippen molar-refractivity contribution in [2.45, 2.75) is 46.3 Å². The van der Waals surface area contributed by atoms with E-state index in [9.17, 15) is 14.4 Å². The van der Waals surface area contributed by atoms with E-state index in [1.54, 1.807) is 36.4 Å². The second-order valence-electron chi connectivity index (χ2n) is 7.48. The van der Waals surface area contributed by atoms with Gasteiger partial charge in [-0.05, 0) is 63.1 Å². The van der Waals surface area contributed by atoms with Gasteiger partial charge < -0.3 is 14.8 Å². The summed E-state index contributed by atoms with van der Waals surface area (Å²) in [7, 11) is 0. The van der Waals surface area contributed by atoms with Crippen LogP contribution in [0.4, 0.5) is 0 Å². The monoisotopic (exact) mass is 383 g/mol. The molecule has 148 valence electrons. The number of amides is 1. The molecule has 0 bridgehead atoms. The fourth-order valence-electron chi connectivity index (χ4n) is 2.43. The Morgan fingerprint density at radius 3 is 1.86 bits per heavy atom. The van der Waals surface area contributed by atoms with Crippen LogP contribution in [0.1, 0.15) is 45.0 Å². The fourth-order valence-corrected chi connectivity index (χ4v) is 2.43.